The van der Waals surface area contributed by atoms with Gasteiger partial charge in [-0.05, 0) is 30.7 Å². The molecule has 27 heavy (non-hydrogen) atoms. The Morgan fingerprint density at radius 2 is 1.81 bits per heavy atom. The van der Waals surface area contributed by atoms with E-state index in [2.05, 4.69) is 20.2 Å². The lowest BCUT2D eigenvalue weighted by Crippen LogP contribution is -2.49. The summed E-state index contributed by atoms with van der Waals surface area (Å²) in [5.74, 6) is 1.24. The zero-order chi connectivity index (χ0) is 19.1. The minimum atomic E-state index is -0.0931. The van der Waals surface area contributed by atoms with Gasteiger partial charge in [-0.3, -0.25) is 9.59 Å². The quantitative estimate of drug-likeness (QED) is 0.817. The molecule has 0 spiro atoms. The maximum atomic E-state index is 12.3. The van der Waals surface area contributed by atoms with Crippen molar-refractivity contribution in [2.75, 3.05) is 47.9 Å². The number of nitrogens with zero attached hydrogens (tertiary/aromatic N) is 4. The molecular weight excluding hydrogens is 362 g/mol. The average molecular weight is 385 g/mol. The Morgan fingerprint density at radius 3 is 2.52 bits per heavy atom. The standard InChI is InChI=1S/C19H23N5O2S/c1-15-4-2-5-16(12-15)22-17(25)13-27-14-18(26)23-8-10-24(11-9-23)19-20-6-3-7-21-19/h2-7,12H,8-11,13-14H2,1H3,(H,22,25). The van der Waals surface area contributed by atoms with Crippen molar-refractivity contribution >= 4 is 35.2 Å². The molecule has 0 bridgehead atoms. The van der Waals surface area contributed by atoms with Crippen molar-refractivity contribution < 1.29 is 9.59 Å². The first kappa shape index (κ1) is 19.2. The number of benzene rings is 1. The van der Waals surface area contributed by atoms with Crippen LogP contribution in [0.2, 0.25) is 0 Å². The lowest BCUT2D eigenvalue weighted by atomic mass is 10.2. The SMILES string of the molecule is Cc1cccc(NC(=O)CSCC(=O)N2CCN(c3ncccn3)CC2)c1. The predicted octanol–water partition coefficient (Wildman–Crippen LogP) is 1.81. The van der Waals surface area contributed by atoms with Crippen LogP contribution in [0.25, 0.3) is 0 Å². The number of amides is 2. The molecule has 2 amide bonds. The Bertz CT molecular complexity index is 779. The summed E-state index contributed by atoms with van der Waals surface area (Å²) in [4.78, 5) is 36.8. The van der Waals surface area contributed by atoms with Gasteiger partial charge in [0.05, 0.1) is 11.5 Å². The van der Waals surface area contributed by atoms with Gasteiger partial charge in [0, 0.05) is 44.3 Å². The third kappa shape index (κ3) is 5.68. The Labute approximate surface area is 163 Å². The van der Waals surface area contributed by atoms with Crippen LogP contribution < -0.4 is 10.2 Å². The van der Waals surface area contributed by atoms with Crippen molar-refractivity contribution in [3.63, 3.8) is 0 Å². The molecule has 1 aromatic heterocycles. The van der Waals surface area contributed by atoms with Crippen LogP contribution in [-0.2, 0) is 9.59 Å². The molecule has 0 atom stereocenters. The van der Waals surface area contributed by atoms with Crippen LogP contribution in [0, 0.1) is 6.92 Å². The van der Waals surface area contributed by atoms with E-state index >= 15 is 0 Å². The number of thioether (sulfide) groups is 1. The molecule has 142 valence electrons. The fourth-order valence-corrected chi connectivity index (χ4v) is 3.57. The summed E-state index contributed by atoms with van der Waals surface area (Å²) < 4.78 is 0. The maximum absolute atomic E-state index is 12.3. The summed E-state index contributed by atoms with van der Waals surface area (Å²) >= 11 is 1.34. The van der Waals surface area contributed by atoms with Crippen molar-refractivity contribution in [1.82, 2.24) is 14.9 Å². The second-order valence-electron chi connectivity index (χ2n) is 6.33. The molecule has 1 aliphatic rings. The summed E-state index contributed by atoms with van der Waals surface area (Å²) in [6, 6.07) is 9.45. The molecule has 2 aromatic rings. The van der Waals surface area contributed by atoms with Gasteiger partial charge in [-0.25, -0.2) is 9.97 Å². The first-order valence-electron chi connectivity index (χ1n) is 8.86. The topological polar surface area (TPSA) is 78.4 Å². The number of anilines is 2. The van der Waals surface area contributed by atoms with Crippen LogP contribution in [-0.4, -0.2) is 64.4 Å². The molecule has 8 heteroatoms. The van der Waals surface area contributed by atoms with Crippen molar-refractivity contribution in [1.29, 1.82) is 0 Å². The molecule has 2 heterocycles. The molecule has 1 aromatic carbocycles. The number of carbonyl (C=O) groups is 2. The highest BCUT2D eigenvalue weighted by molar-refractivity contribution is 8.00. The molecule has 7 nitrogen and oxygen atoms in total. The van der Waals surface area contributed by atoms with Crippen LogP contribution in [0.3, 0.4) is 0 Å². The van der Waals surface area contributed by atoms with Crippen molar-refractivity contribution in [3.05, 3.63) is 48.3 Å². The third-order valence-corrected chi connectivity index (χ3v) is 5.15. The molecule has 1 fully saturated rings. The molecule has 0 unspecified atom stereocenters. The number of hydrogen-bond donors (Lipinski definition) is 1. The van der Waals surface area contributed by atoms with E-state index in [9.17, 15) is 9.59 Å². The van der Waals surface area contributed by atoms with Gasteiger partial charge in [-0.15, -0.1) is 11.8 Å². The maximum Gasteiger partial charge on any atom is 0.234 e. The average Bonchev–Trinajstić information content (AvgIpc) is 2.69. The van der Waals surface area contributed by atoms with E-state index in [4.69, 9.17) is 0 Å². The fraction of sp³-hybridized carbons (Fsp3) is 0.368. The number of carbonyl (C=O) groups excluding carboxylic acids is 2. The van der Waals surface area contributed by atoms with Crippen molar-refractivity contribution in [2.45, 2.75) is 6.92 Å². The minimum Gasteiger partial charge on any atom is -0.338 e. The fourth-order valence-electron chi connectivity index (χ4n) is 2.85. The predicted molar refractivity (Wildman–Crippen MR) is 108 cm³/mol. The van der Waals surface area contributed by atoms with Crippen LogP contribution in [0.5, 0.6) is 0 Å². The lowest BCUT2D eigenvalue weighted by Gasteiger charge is -2.34. The highest BCUT2D eigenvalue weighted by Gasteiger charge is 2.22. The first-order valence-corrected chi connectivity index (χ1v) is 10.0. The van der Waals surface area contributed by atoms with Crippen LogP contribution in [0.1, 0.15) is 5.56 Å². The molecule has 1 N–H and O–H groups in total. The van der Waals surface area contributed by atoms with E-state index in [1.165, 1.54) is 11.8 Å². The van der Waals surface area contributed by atoms with Crippen molar-refractivity contribution in [3.8, 4) is 0 Å². The monoisotopic (exact) mass is 385 g/mol. The van der Waals surface area contributed by atoms with Gasteiger partial charge in [-0.2, -0.15) is 0 Å². The number of rotatable bonds is 6. The first-order chi connectivity index (χ1) is 13.1. The normalized spacial score (nSPS) is 14.1. The lowest BCUT2D eigenvalue weighted by molar-refractivity contribution is -0.128. The Kier molecular flexibility index (Phi) is 6.64. The van der Waals surface area contributed by atoms with Gasteiger partial charge in [0.1, 0.15) is 0 Å². The highest BCUT2D eigenvalue weighted by atomic mass is 32.2. The van der Waals surface area contributed by atoms with E-state index < -0.39 is 0 Å². The molecule has 3 rings (SSSR count). The smallest absolute Gasteiger partial charge is 0.234 e. The summed E-state index contributed by atoms with van der Waals surface area (Å²) in [7, 11) is 0. The van der Waals surface area contributed by atoms with Gasteiger partial charge < -0.3 is 15.1 Å². The van der Waals surface area contributed by atoms with E-state index in [1.807, 2.05) is 36.1 Å². The number of piperazine rings is 1. The second-order valence-corrected chi connectivity index (χ2v) is 7.31. The highest BCUT2D eigenvalue weighted by Crippen LogP contribution is 2.13. The molecule has 0 saturated carbocycles. The number of nitrogens with one attached hydrogen (secondary N) is 1. The van der Waals surface area contributed by atoms with Crippen LogP contribution in [0.15, 0.2) is 42.7 Å². The Balaban J connectivity index is 1.37. The summed E-state index contributed by atoms with van der Waals surface area (Å²) in [5, 5.41) is 2.85. The van der Waals surface area contributed by atoms with Gasteiger partial charge in [0.25, 0.3) is 0 Å². The second kappa shape index (κ2) is 9.36. The summed E-state index contributed by atoms with van der Waals surface area (Å²) in [6.45, 7) is 4.70. The summed E-state index contributed by atoms with van der Waals surface area (Å²) in [5.41, 5.74) is 1.88. The molecule has 0 aliphatic carbocycles. The summed E-state index contributed by atoms with van der Waals surface area (Å²) in [6.07, 6.45) is 3.44. The minimum absolute atomic E-state index is 0.0667. The van der Waals surface area contributed by atoms with Gasteiger partial charge in [0.15, 0.2) is 0 Å². The largest absolute Gasteiger partial charge is 0.338 e. The number of hydrogen-bond acceptors (Lipinski definition) is 6. The zero-order valence-electron chi connectivity index (χ0n) is 15.3. The van der Waals surface area contributed by atoms with E-state index in [1.54, 1.807) is 18.5 Å². The molecular formula is C19H23N5O2S. The molecule has 1 saturated heterocycles. The van der Waals surface area contributed by atoms with Gasteiger partial charge >= 0.3 is 0 Å². The van der Waals surface area contributed by atoms with Crippen LogP contribution >= 0.6 is 11.8 Å². The van der Waals surface area contributed by atoms with Crippen molar-refractivity contribution in [2.24, 2.45) is 0 Å². The zero-order valence-corrected chi connectivity index (χ0v) is 16.1. The Morgan fingerprint density at radius 1 is 1.07 bits per heavy atom. The number of aromatic nitrogens is 2. The van der Waals surface area contributed by atoms with E-state index in [0.29, 0.717) is 37.9 Å². The molecule has 0 radical (unpaired) electrons. The van der Waals surface area contributed by atoms with Crippen LogP contribution in [0.4, 0.5) is 11.6 Å². The van der Waals surface area contributed by atoms with Gasteiger partial charge in [-0.1, -0.05) is 12.1 Å². The van der Waals surface area contributed by atoms with E-state index in [-0.39, 0.29) is 17.6 Å². The molecule has 1 aliphatic heterocycles. The number of aryl methyl sites for hydroxylation is 1. The Hall–Kier alpha value is -2.61. The van der Waals surface area contributed by atoms with Gasteiger partial charge in [0.2, 0.25) is 17.8 Å². The third-order valence-electron chi connectivity index (χ3n) is 4.23. The van der Waals surface area contributed by atoms with E-state index in [0.717, 1.165) is 11.3 Å².